The third kappa shape index (κ3) is 2.80. The summed E-state index contributed by atoms with van der Waals surface area (Å²) < 4.78 is 27.1. The maximum Gasteiger partial charge on any atom is 0.346 e. The lowest BCUT2D eigenvalue weighted by atomic mass is 10.1. The molecule has 3 heterocycles. The lowest BCUT2D eigenvalue weighted by Crippen LogP contribution is -2.29. The van der Waals surface area contributed by atoms with Gasteiger partial charge in [0.05, 0.1) is 18.3 Å². The fourth-order valence-corrected chi connectivity index (χ4v) is 2.92. The van der Waals surface area contributed by atoms with Crippen LogP contribution >= 0.6 is 0 Å². The van der Waals surface area contributed by atoms with Crippen molar-refractivity contribution in [1.29, 1.82) is 0 Å². The van der Waals surface area contributed by atoms with Gasteiger partial charge in [-0.3, -0.25) is 0 Å². The zero-order chi connectivity index (χ0) is 18.9. The maximum atomic E-state index is 12.3. The zero-order valence-corrected chi connectivity index (χ0v) is 15.4. The van der Waals surface area contributed by atoms with E-state index in [1.165, 1.54) is 0 Å². The first-order chi connectivity index (χ1) is 12.1. The highest BCUT2D eigenvalue weighted by Gasteiger charge is 2.58. The second-order valence-corrected chi connectivity index (χ2v) is 7.47. The number of ether oxygens (including phenoxy) is 5. The van der Waals surface area contributed by atoms with Gasteiger partial charge in [-0.1, -0.05) is 0 Å². The number of epoxide rings is 3. The Kier molecular flexibility index (Phi) is 3.70. The summed E-state index contributed by atoms with van der Waals surface area (Å²) in [5.41, 5.74) is -1.14. The van der Waals surface area contributed by atoms with Crippen LogP contribution in [-0.4, -0.2) is 41.5 Å². The Morgan fingerprint density at radius 2 is 1.46 bits per heavy atom. The molecule has 7 nitrogen and oxygen atoms in total. The predicted molar refractivity (Wildman–Crippen MR) is 88.9 cm³/mol. The first-order valence-corrected chi connectivity index (χ1v) is 8.75. The SMILES string of the molecule is CC1OC1c1cc(OC(=O)C2(C)OC2C)ccc1OC(=O)C1(C)OC1C. The van der Waals surface area contributed by atoms with Crippen LogP contribution in [0.15, 0.2) is 18.2 Å². The predicted octanol–water partition coefficient (Wildman–Crippen LogP) is 2.31. The van der Waals surface area contributed by atoms with Gasteiger partial charge in [-0.2, -0.15) is 0 Å². The molecule has 26 heavy (non-hydrogen) atoms. The molecule has 6 unspecified atom stereocenters. The Hall–Kier alpha value is -1.96. The molecule has 140 valence electrons. The average molecular weight is 362 g/mol. The molecule has 0 aromatic heterocycles. The molecule has 0 saturated carbocycles. The van der Waals surface area contributed by atoms with Crippen LogP contribution in [0.3, 0.4) is 0 Å². The Morgan fingerprint density at radius 1 is 0.962 bits per heavy atom. The molecule has 3 fully saturated rings. The molecule has 0 N–H and O–H groups in total. The third-order valence-electron chi connectivity index (χ3n) is 5.50. The number of esters is 2. The molecule has 1 aromatic carbocycles. The van der Waals surface area contributed by atoms with Crippen molar-refractivity contribution in [1.82, 2.24) is 0 Å². The lowest BCUT2D eigenvalue weighted by Gasteiger charge is -2.13. The molecule has 3 aliphatic heterocycles. The highest BCUT2D eigenvalue weighted by Crippen LogP contribution is 2.45. The van der Waals surface area contributed by atoms with Crippen LogP contribution in [0.5, 0.6) is 11.5 Å². The van der Waals surface area contributed by atoms with E-state index in [4.69, 9.17) is 23.7 Å². The van der Waals surface area contributed by atoms with Gasteiger partial charge in [0.15, 0.2) is 11.2 Å². The van der Waals surface area contributed by atoms with Crippen molar-refractivity contribution in [2.24, 2.45) is 0 Å². The molecule has 7 heteroatoms. The van der Waals surface area contributed by atoms with E-state index in [0.717, 1.165) is 0 Å². The van der Waals surface area contributed by atoms with Gasteiger partial charge in [-0.05, 0) is 52.8 Å². The summed E-state index contributed by atoms with van der Waals surface area (Å²) in [5.74, 6) is -0.149. The first kappa shape index (κ1) is 17.5. The van der Waals surface area contributed by atoms with E-state index < -0.39 is 23.1 Å². The topological polar surface area (TPSA) is 90.2 Å². The minimum absolute atomic E-state index is 0.00870. The second kappa shape index (κ2) is 5.52. The van der Waals surface area contributed by atoms with E-state index >= 15 is 0 Å². The van der Waals surface area contributed by atoms with Crippen LogP contribution < -0.4 is 9.47 Å². The summed E-state index contributed by atoms with van der Waals surface area (Å²) in [4.78, 5) is 24.6. The summed E-state index contributed by atoms with van der Waals surface area (Å²) in [6, 6.07) is 4.87. The summed E-state index contributed by atoms with van der Waals surface area (Å²) in [6.07, 6.45) is -0.526. The van der Waals surface area contributed by atoms with Crippen LogP contribution in [0, 0.1) is 0 Å². The van der Waals surface area contributed by atoms with Crippen molar-refractivity contribution in [3.8, 4) is 11.5 Å². The van der Waals surface area contributed by atoms with E-state index in [-0.39, 0.29) is 24.4 Å². The minimum Gasteiger partial charge on any atom is -0.424 e. The van der Waals surface area contributed by atoms with Crippen molar-refractivity contribution < 1.29 is 33.3 Å². The van der Waals surface area contributed by atoms with Crippen LogP contribution in [0.25, 0.3) is 0 Å². The van der Waals surface area contributed by atoms with Gasteiger partial charge in [0.2, 0.25) is 0 Å². The molecule has 3 saturated heterocycles. The summed E-state index contributed by atoms with van der Waals surface area (Å²) >= 11 is 0. The van der Waals surface area contributed by atoms with Crippen molar-refractivity contribution in [2.45, 2.75) is 70.2 Å². The fraction of sp³-hybridized carbons (Fsp3) is 0.579. The quantitative estimate of drug-likeness (QED) is 0.451. The minimum atomic E-state index is -0.910. The van der Waals surface area contributed by atoms with Gasteiger partial charge < -0.3 is 23.7 Å². The van der Waals surface area contributed by atoms with Crippen LogP contribution in [0.1, 0.15) is 46.3 Å². The van der Waals surface area contributed by atoms with E-state index in [9.17, 15) is 9.59 Å². The summed E-state index contributed by atoms with van der Waals surface area (Å²) in [5, 5.41) is 0. The number of rotatable bonds is 5. The molecule has 4 rings (SSSR count). The molecular weight excluding hydrogens is 340 g/mol. The van der Waals surface area contributed by atoms with Gasteiger partial charge in [0.25, 0.3) is 0 Å². The first-order valence-electron chi connectivity index (χ1n) is 8.75. The molecule has 3 aliphatic rings. The molecule has 0 aliphatic carbocycles. The average Bonchev–Trinajstić information content (AvgIpc) is 3.51. The van der Waals surface area contributed by atoms with Gasteiger partial charge in [-0.25, -0.2) is 9.59 Å². The lowest BCUT2D eigenvalue weighted by molar-refractivity contribution is -0.140. The van der Waals surface area contributed by atoms with Gasteiger partial charge in [-0.15, -0.1) is 0 Å². The third-order valence-corrected chi connectivity index (χ3v) is 5.50. The van der Waals surface area contributed by atoms with Crippen molar-refractivity contribution in [3.05, 3.63) is 23.8 Å². The monoisotopic (exact) mass is 362 g/mol. The number of carbonyl (C=O) groups is 2. The molecule has 0 amide bonds. The molecule has 0 bridgehead atoms. The molecule has 6 atom stereocenters. The molecule has 1 aromatic rings. The van der Waals surface area contributed by atoms with E-state index in [0.29, 0.717) is 17.1 Å². The standard InChI is InChI=1S/C19H22O7/c1-9-15(22-9)13-8-12(23-16(20)18(4)10(2)25-18)6-7-14(13)24-17(21)19(5)11(3)26-19/h6-11,15H,1-5H3. The number of hydrogen-bond donors (Lipinski definition) is 0. The summed E-state index contributed by atoms with van der Waals surface area (Å²) in [6.45, 7) is 8.95. The number of benzene rings is 1. The Morgan fingerprint density at radius 3 is 1.92 bits per heavy atom. The van der Waals surface area contributed by atoms with Crippen LogP contribution in [0.4, 0.5) is 0 Å². The van der Waals surface area contributed by atoms with Gasteiger partial charge in [0, 0.05) is 5.56 Å². The van der Waals surface area contributed by atoms with E-state index in [1.807, 2.05) is 20.8 Å². The van der Waals surface area contributed by atoms with E-state index in [1.54, 1.807) is 32.0 Å². The van der Waals surface area contributed by atoms with Gasteiger partial charge >= 0.3 is 11.9 Å². The highest BCUT2D eigenvalue weighted by molar-refractivity contribution is 5.86. The fourth-order valence-electron chi connectivity index (χ4n) is 2.92. The Labute approximate surface area is 151 Å². The Balaban J connectivity index is 1.54. The molecule has 0 radical (unpaired) electrons. The van der Waals surface area contributed by atoms with Gasteiger partial charge in [0.1, 0.15) is 17.6 Å². The zero-order valence-electron chi connectivity index (χ0n) is 15.4. The van der Waals surface area contributed by atoms with Crippen molar-refractivity contribution >= 4 is 11.9 Å². The smallest absolute Gasteiger partial charge is 0.346 e. The van der Waals surface area contributed by atoms with Crippen LogP contribution in [-0.2, 0) is 23.8 Å². The van der Waals surface area contributed by atoms with Crippen molar-refractivity contribution in [3.63, 3.8) is 0 Å². The van der Waals surface area contributed by atoms with E-state index in [2.05, 4.69) is 0 Å². The van der Waals surface area contributed by atoms with Crippen LogP contribution in [0.2, 0.25) is 0 Å². The maximum absolute atomic E-state index is 12.3. The second-order valence-electron chi connectivity index (χ2n) is 7.47. The molecule has 0 spiro atoms. The Bertz CT molecular complexity index is 790. The van der Waals surface area contributed by atoms with Crippen molar-refractivity contribution in [2.75, 3.05) is 0 Å². The number of carbonyl (C=O) groups excluding carboxylic acids is 2. The largest absolute Gasteiger partial charge is 0.424 e. The highest BCUT2D eigenvalue weighted by atomic mass is 16.7. The summed E-state index contributed by atoms with van der Waals surface area (Å²) in [7, 11) is 0. The molecular formula is C19H22O7. The normalized spacial score (nSPS) is 39.9. The number of hydrogen-bond acceptors (Lipinski definition) is 7.